The summed E-state index contributed by atoms with van der Waals surface area (Å²) in [5.74, 6) is -0.459. The molecule has 0 atom stereocenters. The van der Waals surface area contributed by atoms with Gasteiger partial charge in [0.2, 0.25) is 11.8 Å². The van der Waals surface area contributed by atoms with E-state index < -0.39 is 0 Å². The summed E-state index contributed by atoms with van der Waals surface area (Å²) in [5, 5.41) is 13.9. The Morgan fingerprint density at radius 2 is 1.67 bits per heavy atom. The number of carbonyl (C=O) groups excluding carboxylic acids is 2. The van der Waals surface area contributed by atoms with Crippen LogP contribution in [0.25, 0.3) is 0 Å². The van der Waals surface area contributed by atoms with Crippen LogP contribution in [-0.4, -0.2) is 11.8 Å². The van der Waals surface area contributed by atoms with Gasteiger partial charge in [-0.3, -0.25) is 9.59 Å². The molecule has 0 aliphatic carbocycles. The number of benzene rings is 2. The van der Waals surface area contributed by atoms with Gasteiger partial charge in [0.15, 0.2) is 0 Å². The van der Waals surface area contributed by atoms with Crippen molar-refractivity contribution in [2.75, 3.05) is 10.6 Å². The fourth-order valence-electron chi connectivity index (χ4n) is 2.31. The Hall–Kier alpha value is -3.13. The molecule has 0 saturated carbocycles. The third-order valence-electron chi connectivity index (χ3n) is 3.55. The molecule has 0 bridgehead atoms. The molecule has 122 valence electrons. The van der Waals surface area contributed by atoms with Crippen LogP contribution in [0.3, 0.4) is 0 Å². The summed E-state index contributed by atoms with van der Waals surface area (Å²) >= 11 is 0. The maximum absolute atomic E-state index is 12.1. The molecule has 5 nitrogen and oxygen atoms in total. The molecule has 2 amide bonds. The second kappa shape index (κ2) is 8.49. The maximum Gasteiger partial charge on any atom is 0.238 e. The average Bonchev–Trinajstić information content (AvgIpc) is 2.54. The van der Waals surface area contributed by atoms with Gasteiger partial charge in [-0.25, -0.2) is 0 Å². The molecule has 2 rings (SSSR count). The first-order valence-electron chi connectivity index (χ1n) is 7.69. The zero-order chi connectivity index (χ0) is 17.4. The van der Waals surface area contributed by atoms with Gasteiger partial charge in [-0.1, -0.05) is 30.3 Å². The Morgan fingerprint density at radius 3 is 2.33 bits per heavy atom. The molecular formula is C19H19N3O2. The Morgan fingerprint density at radius 1 is 1.00 bits per heavy atom. The van der Waals surface area contributed by atoms with E-state index in [0.29, 0.717) is 24.2 Å². The van der Waals surface area contributed by atoms with E-state index in [-0.39, 0.29) is 18.2 Å². The van der Waals surface area contributed by atoms with E-state index in [1.54, 1.807) is 30.3 Å². The van der Waals surface area contributed by atoms with E-state index >= 15 is 0 Å². The van der Waals surface area contributed by atoms with Gasteiger partial charge in [0.05, 0.1) is 6.07 Å². The largest absolute Gasteiger partial charge is 0.326 e. The number of nitrogens with one attached hydrogen (secondary N) is 2. The SMILES string of the molecule is Cc1ccccc1CCC(=O)Nc1cccc(NC(=O)CC#N)c1. The average molecular weight is 321 g/mol. The van der Waals surface area contributed by atoms with Gasteiger partial charge in [-0.2, -0.15) is 5.26 Å². The molecule has 0 saturated heterocycles. The van der Waals surface area contributed by atoms with Crippen molar-refractivity contribution in [3.8, 4) is 6.07 Å². The fourth-order valence-corrected chi connectivity index (χ4v) is 2.31. The molecule has 0 spiro atoms. The van der Waals surface area contributed by atoms with Crippen molar-refractivity contribution in [2.45, 2.75) is 26.2 Å². The second-order valence-electron chi connectivity index (χ2n) is 5.44. The molecule has 2 aromatic carbocycles. The van der Waals surface area contributed by atoms with Crippen LogP contribution < -0.4 is 10.6 Å². The summed E-state index contributed by atoms with van der Waals surface area (Å²) in [6.45, 7) is 2.03. The highest BCUT2D eigenvalue weighted by atomic mass is 16.2. The third kappa shape index (κ3) is 5.25. The first kappa shape index (κ1) is 17.2. The highest BCUT2D eigenvalue weighted by molar-refractivity contribution is 5.94. The molecule has 0 aliphatic heterocycles. The van der Waals surface area contributed by atoms with Gasteiger partial charge in [0, 0.05) is 17.8 Å². The lowest BCUT2D eigenvalue weighted by atomic mass is 10.0. The summed E-state index contributed by atoms with van der Waals surface area (Å²) in [6, 6.07) is 16.6. The highest BCUT2D eigenvalue weighted by Gasteiger charge is 2.06. The van der Waals surface area contributed by atoms with Crippen molar-refractivity contribution in [3.63, 3.8) is 0 Å². The topological polar surface area (TPSA) is 82.0 Å². The number of rotatable bonds is 6. The van der Waals surface area contributed by atoms with Crippen molar-refractivity contribution >= 4 is 23.2 Å². The summed E-state index contributed by atoms with van der Waals surface area (Å²) in [4.78, 5) is 23.5. The predicted molar refractivity (Wildman–Crippen MR) is 93.4 cm³/mol. The summed E-state index contributed by atoms with van der Waals surface area (Å²) in [7, 11) is 0. The summed E-state index contributed by atoms with van der Waals surface area (Å²) < 4.78 is 0. The molecule has 0 aromatic heterocycles. The van der Waals surface area contributed by atoms with Crippen LogP contribution in [0.2, 0.25) is 0 Å². The number of hydrogen-bond acceptors (Lipinski definition) is 3. The minimum Gasteiger partial charge on any atom is -0.326 e. The van der Waals surface area contributed by atoms with Crippen LogP contribution >= 0.6 is 0 Å². The van der Waals surface area contributed by atoms with E-state index in [2.05, 4.69) is 10.6 Å². The van der Waals surface area contributed by atoms with Gasteiger partial charge >= 0.3 is 0 Å². The Balaban J connectivity index is 1.91. The molecule has 2 aromatic rings. The van der Waals surface area contributed by atoms with Crippen LogP contribution in [0.5, 0.6) is 0 Å². The number of aryl methyl sites for hydroxylation is 2. The zero-order valence-corrected chi connectivity index (χ0v) is 13.5. The number of hydrogen-bond donors (Lipinski definition) is 2. The smallest absolute Gasteiger partial charge is 0.238 e. The lowest BCUT2D eigenvalue weighted by Crippen LogP contribution is -2.14. The standard InChI is InChI=1S/C19H19N3O2/c1-14-5-2-3-6-15(14)9-10-18(23)21-16-7-4-8-17(13-16)22-19(24)11-12-20/h2-8,13H,9-11H2,1H3,(H,21,23)(H,22,24). The lowest BCUT2D eigenvalue weighted by molar-refractivity contribution is -0.116. The van der Waals surface area contributed by atoms with E-state index in [4.69, 9.17) is 5.26 Å². The molecule has 0 unspecified atom stereocenters. The second-order valence-corrected chi connectivity index (χ2v) is 5.44. The van der Waals surface area contributed by atoms with E-state index in [1.807, 2.05) is 31.2 Å². The minimum atomic E-state index is -0.375. The van der Waals surface area contributed by atoms with Crippen molar-refractivity contribution in [3.05, 3.63) is 59.7 Å². The van der Waals surface area contributed by atoms with Crippen molar-refractivity contribution in [1.82, 2.24) is 0 Å². The quantitative estimate of drug-likeness (QED) is 0.855. The zero-order valence-electron chi connectivity index (χ0n) is 13.5. The Bertz CT molecular complexity index is 778. The molecular weight excluding hydrogens is 302 g/mol. The lowest BCUT2D eigenvalue weighted by Gasteiger charge is -2.09. The number of carbonyl (C=O) groups is 2. The molecule has 24 heavy (non-hydrogen) atoms. The fraction of sp³-hybridized carbons (Fsp3) is 0.211. The molecule has 2 N–H and O–H groups in total. The predicted octanol–water partition coefficient (Wildman–Crippen LogP) is 3.42. The Labute approximate surface area is 141 Å². The number of anilines is 2. The van der Waals surface area contributed by atoms with E-state index in [9.17, 15) is 9.59 Å². The van der Waals surface area contributed by atoms with E-state index in [1.165, 1.54) is 5.56 Å². The van der Waals surface area contributed by atoms with Crippen LogP contribution in [-0.2, 0) is 16.0 Å². The minimum absolute atomic E-state index is 0.0845. The van der Waals surface area contributed by atoms with Crippen LogP contribution in [0, 0.1) is 18.3 Å². The molecule has 0 aliphatic rings. The molecule has 5 heteroatoms. The van der Waals surface area contributed by atoms with Gasteiger partial charge < -0.3 is 10.6 Å². The van der Waals surface area contributed by atoms with Crippen molar-refractivity contribution in [1.29, 1.82) is 5.26 Å². The van der Waals surface area contributed by atoms with Crippen LogP contribution in [0.1, 0.15) is 24.0 Å². The monoisotopic (exact) mass is 321 g/mol. The van der Waals surface area contributed by atoms with Crippen molar-refractivity contribution in [2.24, 2.45) is 0 Å². The van der Waals surface area contributed by atoms with Gasteiger partial charge in [0.25, 0.3) is 0 Å². The van der Waals surface area contributed by atoms with Gasteiger partial charge in [0.1, 0.15) is 6.42 Å². The molecule has 0 fully saturated rings. The van der Waals surface area contributed by atoms with Crippen LogP contribution in [0.4, 0.5) is 11.4 Å². The highest BCUT2D eigenvalue weighted by Crippen LogP contribution is 2.16. The van der Waals surface area contributed by atoms with Gasteiger partial charge in [-0.05, 0) is 42.7 Å². The van der Waals surface area contributed by atoms with E-state index in [0.717, 1.165) is 5.56 Å². The number of amides is 2. The maximum atomic E-state index is 12.1. The molecule has 0 radical (unpaired) electrons. The van der Waals surface area contributed by atoms with Crippen LogP contribution in [0.15, 0.2) is 48.5 Å². The summed E-state index contributed by atoms with van der Waals surface area (Å²) in [6.07, 6.45) is 0.861. The summed E-state index contributed by atoms with van der Waals surface area (Å²) in [5.41, 5.74) is 3.49. The normalized spacial score (nSPS) is 9.83. The number of nitriles is 1. The Kier molecular flexibility index (Phi) is 6.09. The molecule has 0 heterocycles. The van der Waals surface area contributed by atoms with Crippen molar-refractivity contribution < 1.29 is 9.59 Å². The first-order valence-corrected chi connectivity index (χ1v) is 7.69. The third-order valence-corrected chi connectivity index (χ3v) is 3.55. The first-order chi connectivity index (χ1) is 11.6. The number of nitrogens with zero attached hydrogens (tertiary/aromatic N) is 1. The van der Waals surface area contributed by atoms with Gasteiger partial charge in [-0.15, -0.1) is 0 Å².